The van der Waals surface area contributed by atoms with Crippen LogP contribution in [0.15, 0.2) is 18.3 Å². The van der Waals surface area contributed by atoms with Gasteiger partial charge in [-0.15, -0.1) is 0 Å². The molecule has 1 aliphatic heterocycles. The minimum absolute atomic E-state index is 0.149. The lowest BCUT2D eigenvalue weighted by molar-refractivity contribution is -0.179. The summed E-state index contributed by atoms with van der Waals surface area (Å²) in [4.78, 5) is 6.21. The van der Waals surface area contributed by atoms with Crippen LogP contribution >= 0.6 is 0 Å². The van der Waals surface area contributed by atoms with Crippen LogP contribution < -0.4 is 10.6 Å². The van der Waals surface area contributed by atoms with Crippen molar-refractivity contribution in [3.8, 4) is 0 Å². The van der Waals surface area contributed by atoms with Gasteiger partial charge in [0.15, 0.2) is 0 Å². The summed E-state index contributed by atoms with van der Waals surface area (Å²) in [7, 11) is 0. The van der Waals surface area contributed by atoms with Crippen LogP contribution in [0, 0.1) is 5.92 Å². The smallest absolute Gasteiger partial charge is 0.357 e. The van der Waals surface area contributed by atoms with Gasteiger partial charge in [0.1, 0.15) is 5.82 Å². The molecule has 2 N–H and O–H groups in total. The minimum atomic E-state index is -4.06. The lowest BCUT2D eigenvalue weighted by Gasteiger charge is -2.33. The topological polar surface area (TPSA) is 42.1 Å². The van der Waals surface area contributed by atoms with Gasteiger partial charge in [-0.05, 0) is 37.4 Å². The number of nitrogens with two attached hydrogens (primary N) is 1. The van der Waals surface area contributed by atoms with Gasteiger partial charge in [-0.2, -0.15) is 13.2 Å². The average molecular weight is 273 g/mol. The number of nitrogens with zero attached hydrogens (tertiary/aromatic N) is 2. The van der Waals surface area contributed by atoms with E-state index in [4.69, 9.17) is 5.73 Å². The van der Waals surface area contributed by atoms with Crippen LogP contribution in [0.25, 0.3) is 0 Å². The normalized spacial score (nSPS) is 17.8. The maximum atomic E-state index is 12.6. The van der Waals surface area contributed by atoms with E-state index in [9.17, 15) is 13.2 Å². The zero-order valence-electron chi connectivity index (χ0n) is 10.7. The zero-order chi connectivity index (χ0) is 13.9. The van der Waals surface area contributed by atoms with Crippen LogP contribution in [-0.2, 0) is 6.42 Å². The SMILES string of the molecule is NCCc1ccc(N2CCC(C(F)(F)F)CC2)nc1. The highest BCUT2D eigenvalue weighted by Gasteiger charge is 2.41. The van der Waals surface area contributed by atoms with Crippen LogP contribution in [0.3, 0.4) is 0 Å². The fourth-order valence-electron chi connectivity index (χ4n) is 2.35. The Morgan fingerprint density at radius 2 is 1.95 bits per heavy atom. The number of aromatic nitrogens is 1. The standard InChI is InChI=1S/C13H18F3N3/c14-13(15,16)11-4-7-19(8-5-11)12-2-1-10(3-6-17)9-18-12/h1-2,9,11H,3-8,17H2. The maximum absolute atomic E-state index is 12.6. The number of anilines is 1. The lowest BCUT2D eigenvalue weighted by atomic mass is 9.96. The van der Waals surface area contributed by atoms with Gasteiger partial charge in [-0.1, -0.05) is 6.07 Å². The third-order valence-electron chi connectivity index (χ3n) is 3.52. The molecule has 1 aliphatic rings. The van der Waals surface area contributed by atoms with Gasteiger partial charge in [0.2, 0.25) is 0 Å². The van der Waals surface area contributed by atoms with E-state index in [1.165, 1.54) is 0 Å². The van der Waals surface area contributed by atoms with Crippen LogP contribution in [-0.4, -0.2) is 30.8 Å². The van der Waals surface area contributed by atoms with E-state index in [1.807, 2.05) is 17.0 Å². The number of hydrogen-bond donors (Lipinski definition) is 1. The first-order valence-corrected chi connectivity index (χ1v) is 6.47. The Labute approximate surface area is 110 Å². The van der Waals surface area contributed by atoms with Crippen LogP contribution in [0.1, 0.15) is 18.4 Å². The van der Waals surface area contributed by atoms with E-state index in [-0.39, 0.29) is 12.8 Å². The molecule has 0 aliphatic carbocycles. The molecule has 2 rings (SSSR count). The maximum Gasteiger partial charge on any atom is 0.391 e. The summed E-state index contributed by atoms with van der Waals surface area (Å²) in [5, 5.41) is 0. The fourth-order valence-corrected chi connectivity index (χ4v) is 2.35. The van der Waals surface area contributed by atoms with Gasteiger partial charge < -0.3 is 10.6 Å². The summed E-state index contributed by atoms with van der Waals surface area (Å²) >= 11 is 0. The van der Waals surface area contributed by atoms with Gasteiger partial charge in [0.05, 0.1) is 5.92 Å². The second-order valence-corrected chi connectivity index (χ2v) is 4.87. The molecule has 1 fully saturated rings. The molecule has 0 amide bonds. The van der Waals surface area contributed by atoms with Crippen molar-refractivity contribution in [3.63, 3.8) is 0 Å². The molecule has 0 bridgehead atoms. The monoisotopic (exact) mass is 273 g/mol. The minimum Gasteiger partial charge on any atom is -0.357 e. The number of alkyl halides is 3. The summed E-state index contributed by atoms with van der Waals surface area (Å²) in [6, 6.07) is 3.80. The van der Waals surface area contributed by atoms with Crippen LogP contribution in [0.4, 0.5) is 19.0 Å². The predicted molar refractivity (Wildman–Crippen MR) is 68.0 cm³/mol. The highest BCUT2D eigenvalue weighted by molar-refractivity contribution is 5.39. The molecule has 3 nitrogen and oxygen atoms in total. The van der Waals surface area contributed by atoms with Gasteiger partial charge >= 0.3 is 6.18 Å². The molecule has 0 unspecified atom stereocenters. The molecule has 2 heterocycles. The Balaban J connectivity index is 1.94. The highest BCUT2D eigenvalue weighted by Crippen LogP contribution is 2.34. The Kier molecular flexibility index (Phi) is 4.29. The van der Waals surface area contributed by atoms with E-state index in [0.717, 1.165) is 17.8 Å². The van der Waals surface area contributed by atoms with Gasteiger partial charge in [-0.25, -0.2) is 4.98 Å². The van der Waals surface area contributed by atoms with Gasteiger partial charge in [0, 0.05) is 19.3 Å². The summed E-state index contributed by atoms with van der Waals surface area (Å²) < 4.78 is 37.7. The third kappa shape index (κ3) is 3.59. The summed E-state index contributed by atoms with van der Waals surface area (Å²) in [6.45, 7) is 1.39. The Morgan fingerprint density at radius 1 is 1.26 bits per heavy atom. The van der Waals surface area contributed by atoms with Crippen molar-refractivity contribution >= 4 is 5.82 Å². The summed E-state index contributed by atoms with van der Waals surface area (Å²) in [6.07, 6.45) is -1.25. The molecule has 106 valence electrons. The zero-order valence-corrected chi connectivity index (χ0v) is 10.7. The van der Waals surface area contributed by atoms with E-state index in [1.54, 1.807) is 6.20 Å². The molecular weight excluding hydrogens is 255 g/mol. The molecule has 1 saturated heterocycles. The highest BCUT2D eigenvalue weighted by atomic mass is 19.4. The summed E-state index contributed by atoms with van der Waals surface area (Å²) in [5.41, 5.74) is 6.50. The van der Waals surface area contributed by atoms with Gasteiger partial charge in [0.25, 0.3) is 0 Å². The molecule has 0 saturated carbocycles. The molecule has 0 radical (unpaired) electrons. The largest absolute Gasteiger partial charge is 0.391 e. The predicted octanol–water partition coefficient (Wildman–Crippen LogP) is 2.36. The molecule has 6 heteroatoms. The molecule has 1 aromatic heterocycles. The number of piperidine rings is 1. The lowest BCUT2D eigenvalue weighted by Crippen LogP contribution is -2.39. The number of hydrogen-bond acceptors (Lipinski definition) is 3. The Bertz CT molecular complexity index is 395. The Hall–Kier alpha value is -1.30. The molecule has 0 aromatic carbocycles. The van der Waals surface area contributed by atoms with Crippen LogP contribution in [0.2, 0.25) is 0 Å². The van der Waals surface area contributed by atoms with Crippen molar-refractivity contribution in [1.29, 1.82) is 0 Å². The number of halogens is 3. The van der Waals surface area contributed by atoms with Crippen molar-refractivity contribution in [2.45, 2.75) is 25.4 Å². The first-order valence-electron chi connectivity index (χ1n) is 6.47. The van der Waals surface area contributed by atoms with E-state index in [0.29, 0.717) is 19.6 Å². The van der Waals surface area contributed by atoms with Crippen molar-refractivity contribution < 1.29 is 13.2 Å². The van der Waals surface area contributed by atoms with Crippen molar-refractivity contribution in [1.82, 2.24) is 4.98 Å². The molecule has 19 heavy (non-hydrogen) atoms. The molecular formula is C13H18F3N3. The van der Waals surface area contributed by atoms with Crippen LogP contribution in [0.5, 0.6) is 0 Å². The molecule has 1 aromatic rings. The van der Waals surface area contributed by atoms with Crippen molar-refractivity contribution in [2.24, 2.45) is 11.7 Å². The molecule has 0 spiro atoms. The van der Waals surface area contributed by atoms with Crippen molar-refractivity contribution in [3.05, 3.63) is 23.9 Å². The van der Waals surface area contributed by atoms with E-state index in [2.05, 4.69) is 4.98 Å². The average Bonchev–Trinajstić information content (AvgIpc) is 2.39. The second-order valence-electron chi connectivity index (χ2n) is 4.87. The van der Waals surface area contributed by atoms with E-state index < -0.39 is 12.1 Å². The quantitative estimate of drug-likeness (QED) is 0.919. The number of rotatable bonds is 3. The first-order chi connectivity index (χ1) is 9.00. The van der Waals surface area contributed by atoms with Crippen molar-refractivity contribution in [2.75, 3.05) is 24.5 Å². The third-order valence-corrected chi connectivity index (χ3v) is 3.52. The van der Waals surface area contributed by atoms with Gasteiger partial charge in [-0.3, -0.25) is 0 Å². The fraction of sp³-hybridized carbons (Fsp3) is 0.615. The molecule has 0 atom stereocenters. The summed E-state index contributed by atoms with van der Waals surface area (Å²) in [5.74, 6) is -0.415. The number of pyridine rings is 1. The second kappa shape index (κ2) is 5.77. The Morgan fingerprint density at radius 3 is 2.42 bits per heavy atom. The van der Waals surface area contributed by atoms with E-state index >= 15 is 0 Å². The first kappa shape index (κ1) is 14.1.